The summed E-state index contributed by atoms with van der Waals surface area (Å²) in [5, 5.41) is 0. The molecule has 0 saturated carbocycles. The van der Waals surface area contributed by atoms with Crippen molar-refractivity contribution in [2.75, 3.05) is 34.4 Å². The molecule has 0 amide bonds. The van der Waals surface area contributed by atoms with Crippen molar-refractivity contribution in [2.45, 2.75) is 13.0 Å². The predicted octanol–water partition coefficient (Wildman–Crippen LogP) is 1.34. The summed E-state index contributed by atoms with van der Waals surface area (Å²) in [6.07, 6.45) is 2.54. The van der Waals surface area contributed by atoms with Gasteiger partial charge in [-0.25, -0.2) is 4.79 Å². The van der Waals surface area contributed by atoms with Gasteiger partial charge in [0.2, 0.25) is 0 Å². The van der Waals surface area contributed by atoms with Crippen LogP contribution in [-0.4, -0.2) is 50.3 Å². The molecule has 0 aliphatic heterocycles. The van der Waals surface area contributed by atoms with Crippen LogP contribution >= 0.6 is 0 Å². The minimum absolute atomic E-state index is 0.359. The summed E-state index contributed by atoms with van der Waals surface area (Å²) in [4.78, 5) is 17.6. The highest BCUT2D eigenvalue weighted by Crippen LogP contribution is 2.04. The lowest BCUT2D eigenvalue weighted by Crippen LogP contribution is -2.20. The quantitative estimate of drug-likeness (QED) is 0.541. The number of aromatic nitrogens is 1. The maximum absolute atomic E-state index is 11.2. The largest absolute Gasteiger partial charge is 0.465 e. The highest BCUT2D eigenvalue weighted by Gasteiger charge is 2.06. The van der Waals surface area contributed by atoms with Gasteiger partial charge in [0.1, 0.15) is 0 Å². The minimum Gasteiger partial charge on any atom is -0.465 e. The van der Waals surface area contributed by atoms with Crippen LogP contribution in [0.25, 0.3) is 0 Å². The Morgan fingerprint density at radius 1 is 1.39 bits per heavy atom. The normalized spacial score (nSPS) is 10.7. The van der Waals surface area contributed by atoms with Crippen LogP contribution in [0.5, 0.6) is 0 Å². The van der Waals surface area contributed by atoms with Crippen molar-refractivity contribution in [1.29, 1.82) is 0 Å². The van der Waals surface area contributed by atoms with Crippen LogP contribution in [0.15, 0.2) is 18.3 Å². The molecule has 100 valence electrons. The Kier molecular flexibility index (Phi) is 6.32. The second-order valence-electron chi connectivity index (χ2n) is 4.11. The zero-order valence-corrected chi connectivity index (χ0v) is 11.2. The molecule has 0 bridgehead atoms. The summed E-state index contributed by atoms with van der Waals surface area (Å²) in [5.74, 6) is -0.359. The van der Waals surface area contributed by atoms with E-state index < -0.39 is 0 Å². The van der Waals surface area contributed by atoms with Gasteiger partial charge in [0.05, 0.1) is 18.4 Å². The molecular formula is C13H20N2O3. The van der Waals surface area contributed by atoms with E-state index in [-0.39, 0.29) is 5.97 Å². The molecule has 5 nitrogen and oxygen atoms in total. The first kappa shape index (κ1) is 14.6. The van der Waals surface area contributed by atoms with Crippen LogP contribution in [0.4, 0.5) is 0 Å². The van der Waals surface area contributed by atoms with E-state index in [0.29, 0.717) is 5.56 Å². The predicted molar refractivity (Wildman–Crippen MR) is 68.4 cm³/mol. The van der Waals surface area contributed by atoms with E-state index in [0.717, 1.165) is 31.8 Å². The second kappa shape index (κ2) is 7.79. The maximum atomic E-state index is 11.2. The molecule has 0 unspecified atom stereocenters. The Labute approximate surface area is 108 Å². The number of esters is 1. The number of methoxy groups -OCH3 is 2. The monoisotopic (exact) mass is 252 g/mol. The number of nitrogens with zero attached hydrogens (tertiary/aromatic N) is 2. The van der Waals surface area contributed by atoms with Crippen LogP contribution < -0.4 is 0 Å². The highest BCUT2D eigenvalue weighted by molar-refractivity contribution is 5.88. The van der Waals surface area contributed by atoms with Gasteiger partial charge in [-0.2, -0.15) is 0 Å². The Balaban J connectivity index is 2.45. The van der Waals surface area contributed by atoms with Crippen LogP contribution in [0.3, 0.4) is 0 Å². The van der Waals surface area contributed by atoms with Crippen molar-refractivity contribution in [3.63, 3.8) is 0 Å². The van der Waals surface area contributed by atoms with E-state index in [4.69, 9.17) is 4.74 Å². The first-order chi connectivity index (χ1) is 8.67. The standard InChI is InChI=1S/C13H20N2O3/c1-15(7-4-8-17-2)10-12-6-5-11(9-14-12)13(16)18-3/h5-6,9H,4,7-8,10H2,1-3H3. The Morgan fingerprint density at radius 2 is 2.17 bits per heavy atom. The number of hydrogen-bond donors (Lipinski definition) is 0. The molecule has 18 heavy (non-hydrogen) atoms. The van der Waals surface area contributed by atoms with Crippen molar-refractivity contribution in [3.8, 4) is 0 Å². The van der Waals surface area contributed by atoms with E-state index >= 15 is 0 Å². The number of carbonyl (C=O) groups is 1. The van der Waals surface area contributed by atoms with Gasteiger partial charge in [0.15, 0.2) is 0 Å². The zero-order valence-electron chi connectivity index (χ0n) is 11.2. The van der Waals surface area contributed by atoms with E-state index in [1.54, 1.807) is 19.4 Å². The molecule has 1 heterocycles. The first-order valence-electron chi connectivity index (χ1n) is 5.88. The molecule has 0 aliphatic carbocycles. The SMILES string of the molecule is COCCCN(C)Cc1ccc(C(=O)OC)cn1. The Morgan fingerprint density at radius 3 is 2.72 bits per heavy atom. The van der Waals surface area contributed by atoms with E-state index in [1.807, 2.05) is 13.1 Å². The molecule has 0 spiro atoms. The Bertz CT molecular complexity index is 365. The Hall–Kier alpha value is -1.46. The summed E-state index contributed by atoms with van der Waals surface area (Å²) in [7, 11) is 5.10. The molecule has 5 heteroatoms. The lowest BCUT2D eigenvalue weighted by molar-refractivity contribution is 0.0600. The minimum atomic E-state index is -0.359. The first-order valence-corrected chi connectivity index (χ1v) is 5.88. The third-order valence-corrected chi connectivity index (χ3v) is 2.57. The number of rotatable bonds is 7. The second-order valence-corrected chi connectivity index (χ2v) is 4.11. The van der Waals surface area contributed by atoms with E-state index in [9.17, 15) is 4.79 Å². The molecule has 1 aromatic heterocycles. The topological polar surface area (TPSA) is 51.7 Å². The molecule has 0 atom stereocenters. The third kappa shape index (κ3) is 4.81. The fourth-order valence-corrected chi connectivity index (χ4v) is 1.59. The molecule has 0 saturated heterocycles. The van der Waals surface area contributed by atoms with Crippen LogP contribution in [0.1, 0.15) is 22.5 Å². The van der Waals surface area contributed by atoms with Gasteiger partial charge in [-0.05, 0) is 25.6 Å². The number of pyridine rings is 1. The molecule has 0 N–H and O–H groups in total. The van der Waals surface area contributed by atoms with E-state index in [2.05, 4.69) is 14.6 Å². The van der Waals surface area contributed by atoms with Crippen molar-refractivity contribution < 1.29 is 14.3 Å². The third-order valence-electron chi connectivity index (χ3n) is 2.57. The molecule has 1 aromatic rings. The van der Waals surface area contributed by atoms with Crippen LogP contribution in [-0.2, 0) is 16.0 Å². The van der Waals surface area contributed by atoms with Gasteiger partial charge in [-0.15, -0.1) is 0 Å². The fourth-order valence-electron chi connectivity index (χ4n) is 1.59. The van der Waals surface area contributed by atoms with Gasteiger partial charge in [-0.3, -0.25) is 4.98 Å². The highest BCUT2D eigenvalue weighted by atomic mass is 16.5. The molecule has 0 fully saturated rings. The molecule has 1 rings (SSSR count). The summed E-state index contributed by atoms with van der Waals surface area (Å²) < 4.78 is 9.62. The number of carbonyl (C=O) groups excluding carboxylic acids is 1. The average Bonchev–Trinajstić information content (AvgIpc) is 2.39. The summed E-state index contributed by atoms with van der Waals surface area (Å²) in [6, 6.07) is 3.58. The molecule has 0 aliphatic rings. The molecule has 0 radical (unpaired) electrons. The van der Waals surface area contributed by atoms with Crippen molar-refractivity contribution in [3.05, 3.63) is 29.6 Å². The van der Waals surface area contributed by atoms with Gasteiger partial charge >= 0.3 is 5.97 Å². The van der Waals surface area contributed by atoms with Crippen molar-refractivity contribution in [1.82, 2.24) is 9.88 Å². The van der Waals surface area contributed by atoms with Gasteiger partial charge in [0.25, 0.3) is 0 Å². The lowest BCUT2D eigenvalue weighted by Gasteiger charge is -2.15. The van der Waals surface area contributed by atoms with Crippen molar-refractivity contribution >= 4 is 5.97 Å². The van der Waals surface area contributed by atoms with Crippen LogP contribution in [0.2, 0.25) is 0 Å². The van der Waals surface area contributed by atoms with Crippen molar-refractivity contribution in [2.24, 2.45) is 0 Å². The number of ether oxygens (including phenoxy) is 2. The summed E-state index contributed by atoms with van der Waals surface area (Å²) in [5.41, 5.74) is 1.41. The zero-order chi connectivity index (χ0) is 13.4. The molecule has 0 aromatic carbocycles. The smallest absolute Gasteiger partial charge is 0.339 e. The van der Waals surface area contributed by atoms with Crippen LogP contribution in [0, 0.1) is 0 Å². The van der Waals surface area contributed by atoms with Gasteiger partial charge < -0.3 is 14.4 Å². The summed E-state index contributed by atoms with van der Waals surface area (Å²) >= 11 is 0. The lowest BCUT2D eigenvalue weighted by atomic mass is 10.2. The van der Waals surface area contributed by atoms with Gasteiger partial charge in [0, 0.05) is 33.0 Å². The number of hydrogen-bond acceptors (Lipinski definition) is 5. The average molecular weight is 252 g/mol. The maximum Gasteiger partial charge on any atom is 0.339 e. The fraction of sp³-hybridized carbons (Fsp3) is 0.538. The molecular weight excluding hydrogens is 232 g/mol. The van der Waals surface area contributed by atoms with E-state index in [1.165, 1.54) is 7.11 Å². The van der Waals surface area contributed by atoms with Gasteiger partial charge in [-0.1, -0.05) is 0 Å². The summed E-state index contributed by atoms with van der Waals surface area (Å²) in [6.45, 7) is 2.47.